The van der Waals surface area contributed by atoms with E-state index in [9.17, 15) is 18.8 Å². The van der Waals surface area contributed by atoms with Crippen molar-refractivity contribution >= 4 is 17.5 Å². The number of ketones is 2. The number of benzene rings is 1. The van der Waals surface area contributed by atoms with Crippen molar-refractivity contribution in [1.29, 1.82) is 0 Å². The number of esters is 1. The van der Waals surface area contributed by atoms with E-state index in [0.29, 0.717) is 12.1 Å². The van der Waals surface area contributed by atoms with Gasteiger partial charge in [0.05, 0.1) is 0 Å². The van der Waals surface area contributed by atoms with Crippen LogP contribution in [0.3, 0.4) is 0 Å². The average molecular weight is 335 g/mol. The van der Waals surface area contributed by atoms with Crippen LogP contribution >= 0.6 is 0 Å². The summed E-state index contributed by atoms with van der Waals surface area (Å²) in [7, 11) is 0. The zero-order chi connectivity index (χ0) is 17.5. The van der Waals surface area contributed by atoms with Crippen molar-refractivity contribution in [2.75, 3.05) is 26.2 Å². The monoisotopic (exact) mass is 335 g/mol. The molecule has 0 spiro atoms. The van der Waals surface area contributed by atoms with E-state index < -0.39 is 5.97 Å². The second-order valence-electron chi connectivity index (χ2n) is 6.09. The van der Waals surface area contributed by atoms with Crippen LogP contribution in [0.1, 0.15) is 36.5 Å². The highest BCUT2D eigenvalue weighted by atomic mass is 19.1. The van der Waals surface area contributed by atoms with Gasteiger partial charge in [0.15, 0.2) is 5.78 Å². The molecule has 1 heterocycles. The van der Waals surface area contributed by atoms with Crippen LogP contribution in [0.2, 0.25) is 0 Å². The highest BCUT2D eigenvalue weighted by Gasteiger charge is 2.25. The molecular weight excluding hydrogens is 313 g/mol. The Morgan fingerprint density at radius 1 is 1.17 bits per heavy atom. The summed E-state index contributed by atoms with van der Waals surface area (Å²) in [6, 6.07) is 5.66. The van der Waals surface area contributed by atoms with Crippen LogP contribution in [0.15, 0.2) is 24.3 Å². The van der Waals surface area contributed by atoms with E-state index in [1.807, 2.05) is 0 Å². The second kappa shape index (κ2) is 8.68. The lowest BCUT2D eigenvalue weighted by Gasteiger charge is -2.31. The fourth-order valence-corrected chi connectivity index (χ4v) is 2.81. The fraction of sp³-hybridized carbons (Fsp3) is 0.500. The van der Waals surface area contributed by atoms with E-state index in [-0.39, 0.29) is 36.3 Å². The number of hydrogen-bond acceptors (Lipinski definition) is 5. The van der Waals surface area contributed by atoms with Gasteiger partial charge < -0.3 is 4.74 Å². The summed E-state index contributed by atoms with van der Waals surface area (Å²) >= 11 is 0. The molecule has 1 saturated heterocycles. The maximum atomic E-state index is 12.9. The summed E-state index contributed by atoms with van der Waals surface area (Å²) in [5, 5.41) is 0. The molecule has 0 atom stereocenters. The third-order valence-electron chi connectivity index (χ3n) is 4.15. The van der Waals surface area contributed by atoms with Gasteiger partial charge in [-0.05, 0) is 57.1 Å². The summed E-state index contributed by atoms with van der Waals surface area (Å²) < 4.78 is 17.9. The van der Waals surface area contributed by atoms with Crippen LogP contribution in [0.25, 0.3) is 0 Å². The molecule has 1 aromatic rings. The first-order valence-corrected chi connectivity index (χ1v) is 8.13. The van der Waals surface area contributed by atoms with Crippen molar-refractivity contribution in [3.05, 3.63) is 35.6 Å². The highest BCUT2D eigenvalue weighted by molar-refractivity contribution is 5.97. The predicted octanol–water partition coefficient (Wildman–Crippen LogP) is 2.24. The Labute approximate surface area is 140 Å². The van der Waals surface area contributed by atoms with Gasteiger partial charge in [0.2, 0.25) is 0 Å². The van der Waals surface area contributed by atoms with Crippen LogP contribution in [-0.4, -0.2) is 48.7 Å². The summed E-state index contributed by atoms with van der Waals surface area (Å²) in [6.45, 7) is 3.71. The molecule has 1 aromatic carbocycles. The number of rotatable bonds is 7. The van der Waals surface area contributed by atoms with Crippen molar-refractivity contribution in [2.45, 2.75) is 26.2 Å². The van der Waals surface area contributed by atoms with Gasteiger partial charge in [-0.25, -0.2) is 4.39 Å². The van der Waals surface area contributed by atoms with Crippen molar-refractivity contribution in [3.8, 4) is 0 Å². The molecule has 6 heteroatoms. The van der Waals surface area contributed by atoms with Crippen molar-refractivity contribution < 1.29 is 23.5 Å². The number of hydrogen-bond donors (Lipinski definition) is 0. The van der Waals surface area contributed by atoms with Gasteiger partial charge in [-0.15, -0.1) is 0 Å². The molecule has 0 aliphatic carbocycles. The summed E-state index contributed by atoms with van der Waals surface area (Å²) in [4.78, 5) is 36.6. The Balaban J connectivity index is 1.71. The molecule has 2 rings (SSSR count). The highest BCUT2D eigenvalue weighted by Crippen LogP contribution is 2.21. The Morgan fingerprint density at radius 3 is 2.38 bits per heavy atom. The number of ether oxygens (including phenoxy) is 1. The number of nitrogens with zero attached hydrogens (tertiary/aromatic N) is 1. The molecule has 1 aliphatic heterocycles. The van der Waals surface area contributed by atoms with Gasteiger partial charge in [-0.3, -0.25) is 19.3 Å². The molecule has 130 valence electrons. The van der Waals surface area contributed by atoms with Crippen molar-refractivity contribution in [2.24, 2.45) is 5.92 Å². The summed E-state index contributed by atoms with van der Waals surface area (Å²) in [6.07, 6.45) is 1.28. The molecule has 0 radical (unpaired) electrons. The average Bonchev–Trinajstić information content (AvgIpc) is 2.55. The standard InChI is InChI=1S/C18H22FNO4/c1-13(21)12-17(22)24-11-10-20-8-6-15(7-9-20)18(23)14-2-4-16(19)5-3-14/h2-5,15H,6-12H2,1H3. The van der Waals surface area contributed by atoms with E-state index in [0.717, 1.165) is 25.9 Å². The van der Waals surface area contributed by atoms with Gasteiger partial charge in [0.25, 0.3) is 0 Å². The molecule has 0 N–H and O–H groups in total. The van der Waals surface area contributed by atoms with E-state index in [1.165, 1.54) is 31.2 Å². The van der Waals surface area contributed by atoms with Crippen molar-refractivity contribution in [3.63, 3.8) is 0 Å². The first kappa shape index (κ1) is 18.3. The minimum absolute atomic E-state index is 0.0491. The molecule has 0 saturated carbocycles. The van der Waals surface area contributed by atoms with Gasteiger partial charge in [0.1, 0.15) is 24.6 Å². The maximum absolute atomic E-state index is 12.9. The number of halogens is 1. The first-order chi connectivity index (χ1) is 11.5. The van der Waals surface area contributed by atoms with Gasteiger partial charge in [-0.2, -0.15) is 0 Å². The van der Waals surface area contributed by atoms with Gasteiger partial charge in [0, 0.05) is 18.0 Å². The molecule has 0 bridgehead atoms. The van der Waals surface area contributed by atoms with E-state index in [2.05, 4.69) is 4.90 Å². The third-order valence-corrected chi connectivity index (χ3v) is 4.15. The lowest BCUT2D eigenvalue weighted by molar-refractivity contribution is -0.146. The zero-order valence-electron chi connectivity index (χ0n) is 13.8. The number of carbonyl (C=O) groups is 3. The maximum Gasteiger partial charge on any atom is 0.313 e. The summed E-state index contributed by atoms with van der Waals surface area (Å²) in [5.41, 5.74) is 0.549. The number of piperidine rings is 1. The zero-order valence-corrected chi connectivity index (χ0v) is 13.8. The van der Waals surface area contributed by atoms with Crippen LogP contribution in [0.5, 0.6) is 0 Å². The predicted molar refractivity (Wildman–Crippen MR) is 86.2 cm³/mol. The van der Waals surface area contributed by atoms with E-state index in [4.69, 9.17) is 4.74 Å². The molecule has 0 aromatic heterocycles. The number of Topliss-reactive ketones (excluding diaryl/α,β-unsaturated/α-hetero) is 2. The van der Waals surface area contributed by atoms with Crippen LogP contribution in [0.4, 0.5) is 4.39 Å². The topological polar surface area (TPSA) is 63.7 Å². The molecule has 0 amide bonds. The van der Waals surface area contributed by atoms with Crippen LogP contribution in [0, 0.1) is 11.7 Å². The summed E-state index contributed by atoms with van der Waals surface area (Å²) in [5.74, 6) is -1.04. The quantitative estimate of drug-likeness (QED) is 0.434. The van der Waals surface area contributed by atoms with Crippen LogP contribution in [-0.2, 0) is 14.3 Å². The second-order valence-corrected chi connectivity index (χ2v) is 6.09. The SMILES string of the molecule is CC(=O)CC(=O)OCCN1CCC(C(=O)c2ccc(F)cc2)CC1. The first-order valence-electron chi connectivity index (χ1n) is 8.13. The largest absolute Gasteiger partial charge is 0.464 e. The Hall–Kier alpha value is -2.08. The number of carbonyl (C=O) groups excluding carboxylic acids is 3. The minimum atomic E-state index is -0.496. The van der Waals surface area contributed by atoms with Gasteiger partial charge >= 0.3 is 5.97 Å². The molecule has 24 heavy (non-hydrogen) atoms. The smallest absolute Gasteiger partial charge is 0.313 e. The van der Waals surface area contributed by atoms with Crippen molar-refractivity contribution in [1.82, 2.24) is 4.90 Å². The Morgan fingerprint density at radius 2 is 1.79 bits per heavy atom. The Kier molecular flexibility index (Phi) is 6.61. The Bertz CT molecular complexity index is 592. The molecule has 1 aliphatic rings. The van der Waals surface area contributed by atoms with E-state index >= 15 is 0 Å². The van der Waals surface area contributed by atoms with Gasteiger partial charge in [-0.1, -0.05) is 0 Å². The molecule has 5 nitrogen and oxygen atoms in total. The molecular formula is C18H22FNO4. The van der Waals surface area contributed by atoms with Crippen LogP contribution < -0.4 is 0 Å². The fourth-order valence-electron chi connectivity index (χ4n) is 2.81. The lowest BCUT2D eigenvalue weighted by Crippen LogP contribution is -2.38. The number of likely N-dealkylation sites (tertiary alicyclic amines) is 1. The normalized spacial score (nSPS) is 15.9. The molecule has 0 unspecified atom stereocenters. The van der Waals surface area contributed by atoms with E-state index in [1.54, 1.807) is 0 Å². The lowest BCUT2D eigenvalue weighted by atomic mass is 9.89. The minimum Gasteiger partial charge on any atom is -0.464 e. The molecule has 1 fully saturated rings. The third kappa shape index (κ3) is 5.53.